The number of aryl methyl sites for hydroxylation is 2. The van der Waals surface area contributed by atoms with Gasteiger partial charge in [-0.1, -0.05) is 23.4 Å². The Morgan fingerprint density at radius 2 is 2.00 bits per heavy atom. The van der Waals surface area contributed by atoms with Crippen LogP contribution < -0.4 is 5.73 Å². The third kappa shape index (κ3) is 3.52. The molecule has 0 radical (unpaired) electrons. The number of thioether (sulfide) groups is 1. The van der Waals surface area contributed by atoms with E-state index in [2.05, 4.69) is 42.1 Å². The molecule has 3 N–H and O–H groups in total. The molecule has 1 fully saturated rings. The monoisotopic (exact) mass is 307 g/mol. The van der Waals surface area contributed by atoms with E-state index in [-0.39, 0.29) is 4.75 Å². The summed E-state index contributed by atoms with van der Waals surface area (Å²) in [5.74, 6) is 0.362. The average Bonchev–Trinajstić information content (AvgIpc) is 2.51. The largest absolute Gasteiger partial charge is 0.409 e. The molecule has 1 heterocycles. The van der Waals surface area contributed by atoms with Crippen molar-refractivity contribution in [3.63, 3.8) is 0 Å². The highest BCUT2D eigenvalue weighted by Crippen LogP contribution is 2.35. The number of amidine groups is 1. The standard InChI is InChI=1S/C16H25N3OS/c1-12-4-5-14(10-13(12)2)11-19-8-6-16(21-3,7-9-19)15(17)18-20/h4-5,10,20H,6-9,11H2,1-3H3,(H2,17,18). The summed E-state index contributed by atoms with van der Waals surface area (Å²) in [4.78, 5) is 2.45. The van der Waals surface area contributed by atoms with Crippen molar-refractivity contribution in [2.45, 2.75) is 38.0 Å². The lowest BCUT2D eigenvalue weighted by Crippen LogP contribution is -2.49. The minimum absolute atomic E-state index is 0.200. The summed E-state index contributed by atoms with van der Waals surface area (Å²) < 4.78 is -0.200. The van der Waals surface area contributed by atoms with Crippen LogP contribution in [0.25, 0.3) is 0 Å². The maximum Gasteiger partial charge on any atom is 0.155 e. The van der Waals surface area contributed by atoms with Gasteiger partial charge in [0.25, 0.3) is 0 Å². The van der Waals surface area contributed by atoms with Crippen LogP contribution in [-0.4, -0.2) is 40.0 Å². The van der Waals surface area contributed by atoms with Crippen molar-refractivity contribution in [1.82, 2.24) is 4.90 Å². The molecule has 0 amide bonds. The SMILES string of the molecule is CSC1(C(N)=NO)CCN(Cc2ccc(C)c(C)c2)CC1. The summed E-state index contributed by atoms with van der Waals surface area (Å²) in [6.07, 6.45) is 3.89. The molecule has 116 valence electrons. The second-order valence-electron chi connectivity index (χ2n) is 5.88. The molecule has 1 aromatic carbocycles. The first-order valence-corrected chi connectivity index (χ1v) is 8.55. The van der Waals surface area contributed by atoms with Crippen molar-refractivity contribution in [3.8, 4) is 0 Å². The van der Waals surface area contributed by atoms with Crippen molar-refractivity contribution in [2.75, 3.05) is 19.3 Å². The lowest BCUT2D eigenvalue weighted by atomic mass is 9.94. The topological polar surface area (TPSA) is 61.9 Å². The first kappa shape index (κ1) is 16.2. The fourth-order valence-electron chi connectivity index (χ4n) is 2.89. The number of hydrogen-bond donors (Lipinski definition) is 2. The van der Waals surface area contributed by atoms with Gasteiger partial charge in [0, 0.05) is 19.6 Å². The van der Waals surface area contributed by atoms with Crippen LogP contribution in [0.5, 0.6) is 0 Å². The van der Waals surface area contributed by atoms with Gasteiger partial charge in [-0.05, 0) is 49.6 Å². The minimum atomic E-state index is -0.200. The first-order valence-electron chi connectivity index (χ1n) is 7.32. The molecule has 1 saturated heterocycles. The van der Waals surface area contributed by atoms with Crippen molar-refractivity contribution in [2.24, 2.45) is 10.9 Å². The smallest absolute Gasteiger partial charge is 0.155 e. The molecule has 0 bridgehead atoms. The summed E-state index contributed by atoms with van der Waals surface area (Å²) in [6, 6.07) is 6.68. The molecule has 1 aromatic rings. The van der Waals surface area contributed by atoms with E-state index >= 15 is 0 Å². The summed E-state index contributed by atoms with van der Waals surface area (Å²) in [5.41, 5.74) is 9.93. The van der Waals surface area contributed by atoms with E-state index in [0.717, 1.165) is 32.5 Å². The Morgan fingerprint density at radius 1 is 1.33 bits per heavy atom. The summed E-state index contributed by atoms with van der Waals surface area (Å²) in [6.45, 7) is 7.23. The van der Waals surface area contributed by atoms with E-state index in [1.54, 1.807) is 11.8 Å². The highest BCUT2D eigenvalue weighted by atomic mass is 32.2. The third-order valence-electron chi connectivity index (χ3n) is 4.61. The van der Waals surface area contributed by atoms with Gasteiger partial charge in [0.05, 0.1) is 4.75 Å². The van der Waals surface area contributed by atoms with Crippen LogP contribution in [0, 0.1) is 13.8 Å². The zero-order chi connectivity index (χ0) is 15.5. The van der Waals surface area contributed by atoms with E-state index in [0.29, 0.717) is 5.84 Å². The number of benzene rings is 1. The minimum Gasteiger partial charge on any atom is -0.409 e. The van der Waals surface area contributed by atoms with Gasteiger partial charge in [-0.25, -0.2) is 0 Å². The summed E-state index contributed by atoms with van der Waals surface area (Å²) in [5, 5.41) is 12.2. The van der Waals surface area contributed by atoms with Crippen LogP contribution >= 0.6 is 11.8 Å². The third-order valence-corrected chi connectivity index (χ3v) is 6.01. The first-order chi connectivity index (χ1) is 10.0. The van der Waals surface area contributed by atoms with E-state index in [4.69, 9.17) is 10.9 Å². The Balaban J connectivity index is 1.99. The number of oxime groups is 1. The molecular weight excluding hydrogens is 282 g/mol. The number of nitrogens with zero attached hydrogens (tertiary/aromatic N) is 2. The van der Waals surface area contributed by atoms with Crippen LogP contribution in [0.3, 0.4) is 0 Å². The molecule has 1 aliphatic rings. The number of hydrogen-bond acceptors (Lipinski definition) is 4. The molecule has 0 atom stereocenters. The van der Waals surface area contributed by atoms with E-state index in [9.17, 15) is 0 Å². The predicted octanol–water partition coefficient (Wildman–Crippen LogP) is 2.75. The molecule has 2 rings (SSSR count). The van der Waals surface area contributed by atoms with Gasteiger partial charge in [-0.3, -0.25) is 4.90 Å². The van der Waals surface area contributed by atoms with Crippen molar-refractivity contribution >= 4 is 17.6 Å². The van der Waals surface area contributed by atoms with Gasteiger partial charge in [0.1, 0.15) is 0 Å². The molecule has 0 aliphatic carbocycles. The van der Waals surface area contributed by atoms with Crippen LogP contribution in [0.15, 0.2) is 23.4 Å². The van der Waals surface area contributed by atoms with Crippen LogP contribution in [0.4, 0.5) is 0 Å². The Morgan fingerprint density at radius 3 is 2.52 bits per heavy atom. The Kier molecular flexibility index (Phi) is 5.17. The molecule has 5 heteroatoms. The molecule has 4 nitrogen and oxygen atoms in total. The molecule has 0 aromatic heterocycles. The Hall–Kier alpha value is -1.20. The Bertz CT molecular complexity index is 522. The van der Waals surface area contributed by atoms with Gasteiger partial charge >= 0.3 is 0 Å². The average molecular weight is 307 g/mol. The molecule has 0 spiro atoms. The molecule has 0 unspecified atom stereocenters. The van der Waals surface area contributed by atoms with Crippen LogP contribution in [-0.2, 0) is 6.54 Å². The zero-order valence-electron chi connectivity index (χ0n) is 13.1. The molecule has 1 aliphatic heterocycles. The molecule has 0 saturated carbocycles. The van der Waals surface area contributed by atoms with Gasteiger partial charge in [-0.15, -0.1) is 0 Å². The van der Waals surface area contributed by atoms with E-state index in [1.165, 1.54) is 16.7 Å². The lowest BCUT2D eigenvalue weighted by molar-refractivity contribution is 0.209. The summed E-state index contributed by atoms with van der Waals surface area (Å²) >= 11 is 1.70. The maximum absolute atomic E-state index is 8.98. The second kappa shape index (κ2) is 6.71. The fourth-order valence-corrected chi connectivity index (χ4v) is 3.73. The van der Waals surface area contributed by atoms with Gasteiger partial charge in [-0.2, -0.15) is 11.8 Å². The quantitative estimate of drug-likeness (QED) is 0.389. The van der Waals surface area contributed by atoms with Crippen molar-refractivity contribution in [1.29, 1.82) is 0 Å². The fraction of sp³-hybridized carbons (Fsp3) is 0.562. The molecular formula is C16H25N3OS. The van der Waals surface area contributed by atoms with Gasteiger partial charge in [0.2, 0.25) is 0 Å². The van der Waals surface area contributed by atoms with Gasteiger partial charge in [0.15, 0.2) is 5.84 Å². The lowest BCUT2D eigenvalue weighted by Gasteiger charge is -2.39. The predicted molar refractivity (Wildman–Crippen MR) is 90.1 cm³/mol. The highest BCUT2D eigenvalue weighted by molar-refractivity contribution is 8.00. The van der Waals surface area contributed by atoms with Crippen LogP contribution in [0.2, 0.25) is 0 Å². The maximum atomic E-state index is 8.98. The zero-order valence-corrected chi connectivity index (χ0v) is 13.9. The van der Waals surface area contributed by atoms with Crippen molar-refractivity contribution < 1.29 is 5.21 Å². The van der Waals surface area contributed by atoms with Gasteiger partial charge < -0.3 is 10.9 Å². The Labute approximate surface area is 131 Å². The van der Waals surface area contributed by atoms with Crippen molar-refractivity contribution in [3.05, 3.63) is 34.9 Å². The number of nitrogens with two attached hydrogens (primary N) is 1. The van der Waals surface area contributed by atoms with E-state index < -0.39 is 0 Å². The summed E-state index contributed by atoms with van der Waals surface area (Å²) in [7, 11) is 0. The van der Waals surface area contributed by atoms with E-state index in [1.807, 2.05) is 6.26 Å². The number of rotatable bonds is 4. The normalized spacial score (nSPS) is 19.7. The number of likely N-dealkylation sites (tertiary alicyclic amines) is 1. The van der Waals surface area contributed by atoms with Crippen LogP contribution in [0.1, 0.15) is 29.5 Å². The highest BCUT2D eigenvalue weighted by Gasteiger charge is 2.38. The second-order valence-corrected chi connectivity index (χ2v) is 7.07. The number of piperidine rings is 1. The molecule has 21 heavy (non-hydrogen) atoms.